The third kappa shape index (κ3) is 3.35. The second kappa shape index (κ2) is 7.05. The van der Waals surface area contributed by atoms with E-state index in [-0.39, 0.29) is 5.60 Å². The Bertz CT molecular complexity index is 639. The van der Waals surface area contributed by atoms with Gasteiger partial charge < -0.3 is 14.2 Å². The summed E-state index contributed by atoms with van der Waals surface area (Å²) in [6, 6.07) is 16.5. The Labute approximate surface area is 138 Å². The Balaban J connectivity index is 1.85. The summed E-state index contributed by atoms with van der Waals surface area (Å²) in [7, 11) is 3.50. The summed E-state index contributed by atoms with van der Waals surface area (Å²) in [6.45, 7) is 0.641. The number of fused-ring (bicyclic) bond motifs is 1. The van der Waals surface area contributed by atoms with E-state index >= 15 is 0 Å². The van der Waals surface area contributed by atoms with Crippen molar-refractivity contribution in [3.05, 3.63) is 59.7 Å². The van der Waals surface area contributed by atoms with Crippen molar-refractivity contribution >= 4 is 0 Å². The van der Waals surface area contributed by atoms with E-state index < -0.39 is 0 Å². The molecule has 3 heteroatoms. The number of rotatable bonds is 3. The van der Waals surface area contributed by atoms with Crippen LogP contribution in [-0.4, -0.2) is 20.8 Å². The fourth-order valence-corrected chi connectivity index (χ4v) is 3.39. The zero-order valence-corrected chi connectivity index (χ0v) is 13.9. The van der Waals surface area contributed by atoms with E-state index in [4.69, 9.17) is 14.2 Å². The molecule has 2 aromatic carbocycles. The lowest BCUT2D eigenvalue weighted by Gasteiger charge is -2.32. The first-order chi connectivity index (χ1) is 11.3. The monoisotopic (exact) mass is 312 g/mol. The van der Waals surface area contributed by atoms with Gasteiger partial charge in [0.15, 0.2) is 0 Å². The van der Waals surface area contributed by atoms with Crippen LogP contribution in [0.15, 0.2) is 48.5 Å². The molecule has 0 aromatic heterocycles. The molecule has 122 valence electrons. The van der Waals surface area contributed by atoms with Crippen molar-refractivity contribution in [3.63, 3.8) is 0 Å². The summed E-state index contributed by atoms with van der Waals surface area (Å²) in [5, 5.41) is 0. The zero-order chi connectivity index (χ0) is 16.1. The van der Waals surface area contributed by atoms with Gasteiger partial charge in [-0.2, -0.15) is 0 Å². The molecule has 23 heavy (non-hydrogen) atoms. The lowest BCUT2D eigenvalue weighted by Crippen LogP contribution is -2.30. The molecule has 1 aliphatic heterocycles. The van der Waals surface area contributed by atoms with Gasteiger partial charge in [-0.3, -0.25) is 0 Å². The molecule has 1 aliphatic rings. The minimum atomic E-state index is -0.270. The predicted octanol–water partition coefficient (Wildman–Crippen LogP) is 4.34. The molecule has 0 N–H and O–H groups in total. The molecule has 0 saturated heterocycles. The van der Waals surface area contributed by atoms with Crippen molar-refractivity contribution in [2.24, 2.45) is 0 Å². The first-order valence-electron chi connectivity index (χ1n) is 8.18. The average Bonchev–Trinajstić information content (AvgIpc) is 2.70. The van der Waals surface area contributed by atoms with Crippen LogP contribution in [0.25, 0.3) is 0 Å². The fraction of sp³-hybridized carbons (Fsp3) is 0.400. The van der Waals surface area contributed by atoms with E-state index in [1.807, 2.05) is 18.2 Å². The number of hydrogen-bond acceptors (Lipinski definition) is 3. The maximum absolute atomic E-state index is 6.05. The predicted molar refractivity (Wildman–Crippen MR) is 91.2 cm³/mol. The van der Waals surface area contributed by atoms with Gasteiger partial charge in [0, 0.05) is 13.5 Å². The molecule has 1 unspecified atom stereocenters. The molecule has 1 heterocycles. The van der Waals surface area contributed by atoms with Gasteiger partial charge in [0.2, 0.25) is 0 Å². The number of aryl methyl sites for hydroxylation is 1. The third-order valence-corrected chi connectivity index (χ3v) is 4.75. The summed E-state index contributed by atoms with van der Waals surface area (Å²) in [4.78, 5) is 0. The average molecular weight is 312 g/mol. The fourth-order valence-electron chi connectivity index (χ4n) is 3.39. The third-order valence-electron chi connectivity index (χ3n) is 4.75. The molecule has 0 amide bonds. The van der Waals surface area contributed by atoms with Crippen LogP contribution in [0.1, 0.15) is 30.4 Å². The highest BCUT2D eigenvalue weighted by atomic mass is 16.5. The minimum absolute atomic E-state index is 0.270. The Morgan fingerprint density at radius 1 is 1.00 bits per heavy atom. The Morgan fingerprint density at radius 3 is 2.57 bits per heavy atom. The topological polar surface area (TPSA) is 27.7 Å². The molecule has 0 bridgehead atoms. The van der Waals surface area contributed by atoms with Gasteiger partial charge in [0.05, 0.1) is 19.3 Å². The lowest BCUT2D eigenvalue weighted by molar-refractivity contribution is -0.0381. The highest BCUT2D eigenvalue weighted by molar-refractivity contribution is 5.40. The van der Waals surface area contributed by atoms with Crippen LogP contribution in [0, 0.1) is 0 Å². The molecular weight excluding hydrogens is 288 g/mol. The standard InChI is InChI=1S/C20H24O3/c1-21-18-10-11-19-16(15-18)7-6-12-20(22-2,13-14-23-19)17-8-4-3-5-9-17/h3-5,8-11,15H,6-7,12-14H2,1-2H3. The molecule has 0 aliphatic carbocycles. The Morgan fingerprint density at radius 2 is 1.83 bits per heavy atom. The molecule has 3 nitrogen and oxygen atoms in total. The minimum Gasteiger partial charge on any atom is -0.497 e. The quantitative estimate of drug-likeness (QED) is 0.843. The Kier molecular flexibility index (Phi) is 4.87. The van der Waals surface area contributed by atoms with E-state index in [1.54, 1.807) is 14.2 Å². The van der Waals surface area contributed by atoms with Crippen molar-refractivity contribution < 1.29 is 14.2 Å². The van der Waals surface area contributed by atoms with Crippen molar-refractivity contribution in [2.75, 3.05) is 20.8 Å². The summed E-state index contributed by atoms with van der Waals surface area (Å²) < 4.78 is 17.4. The van der Waals surface area contributed by atoms with Crippen LogP contribution >= 0.6 is 0 Å². The summed E-state index contributed by atoms with van der Waals surface area (Å²) in [5.74, 6) is 1.85. The highest BCUT2D eigenvalue weighted by Crippen LogP contribution is 2.37. The maximum atomic E-state index is 6.05. The summed E-state index contributed by atoms with van der Waals surface area (Å²) >= 11 is 0. The van der Waals surface area contributed by atoms with Crippen LogP contribution < -0.4 is 9.47 Å². The van der Waals surface area contributed by atoms with Crippen LogP contribution in [0.2, 0.25) is 0 Å². The number of ether oxygens (including phenoxy) is 3. The van der Waals surface area contributed by atoms with E-state index in [0.29, 0.717) is 6.61 Å². The first-order valence-corrected chi connectivity index (χ1v) is 8.18. The van der Waals surface area contributed by atoms with Gasteiger partial charge in [-0.1, -0.05) is 30.3 Å². The smallest absolute Gasteiger partial charge is 0.122 e. The maximum Gasteiger partial charge on any atom is 0.122 e. The lowest BCUT2D eigenvalue weighted by atomic mass is 9.85. The van der Waals surface area contributed by atoms with Gasteiger partial charge in [-0.15, -0.1) is 0 Å². The van der Waals surface area contributed by atoms with Gasteiger partial charge in [0.25, 0.3) is 0 Å². The van der Waals surface area contributed by atoms with Gasteiger partial charge >= 0.3 is 0 Å². The van der Waals surface area contributed by atoms with E-state index in [0.717, 1.165) is 37.2 Å². The first kappa shape index (κ1) is 15.9. The summed E-state index contributed by atoms with van der Waals surface area (Å²) in [6.07, 6.45) is 3.84. The van der Waals surface area contributed by atoms with Crippen LogP contribution in [0.4, 0.5) is 0 Å². The number of benzene rings is 2. The highest BCUT2D eigenvalue weighted by Gasteiger charge is 2.32. The van der Waals surface area contributed by atoms with Crippen LogP contribution in [0.3, 0.4) is 0 Å². The number of hydrogen-bond donors (Lipinski definition) is 0. The molecule has 0 fully saturated rings. The van der Waals surface area contributed by atoms with Gasteiger partial charge in [-0.05, 0) is 48.6 Å². The second-order valence-electron chi connectivity index (χ2n) is 5.99. The molecule has 0 saturated carbocycles. The van der Waals surface area contributed by atoms with Crippen molar-refractivity contribution in [3.8, 4) is 11.5 Å². The molecule has 0 spiro atoms. The number of methoxy groups -OCH3 is 2. The van der Waals surface area contributed by atoms with E-state index in [2.05, 4.69) is 30.3 Å². The molecule has 2 aromatic rings. The van der Waals surface area contributed by atoms with Crippen molar-refractivity contribution in [2.45, 2.75) is 31.3 Å². The van der Waals surface area contributed by atoms with Crippen molar-refractivity contribution in [1.29, 1.82) is 0 Å². The summed E-state index contributed by atoms with van der Waals surface area (Å²) in [5.41, 5.74) is 2.17. The second-order valence-corrected chi connectivity index (χ2v) is 5.99. The largest absolute Gasteiger partial charge is 0.497 e. The van der Waals surface area contributed by atoms with E-state index in [9.17, 15) is 0 Å². The SMILES string of the molecule is COc1ccc2c(c1)CCCC(OC)(c1ccccc1)CCO2. The molecule has 3 rings (SSSR count). The molecule has 0 radical (unpaired) electrons. The van der Waals surface area contributed by atoms with Crippen molar-refractivity contribution in [1.82, 2.24) is 0 Å². The van der Waals surface area contributed by atoms with Crippen LogP contribution in [0.5, 0.6) is 11.5 Å². The van der Waals surface area contributed by atoms with E-state index in [1.165, 1.54) is 11.1 Å². The molecular formula is C20H24O3. The van der Waals surface area contributed by atoms with Gasteiger partial charge in [-0.25, -0.2) is 0 Å². The molecule has 1 atom stereocenters. The Hall–Kier alpha value is -2.00. The van der Waals surface area contributed by atoms with Crippen LogP contribution in [-0.2, 0) is 16.8 Å². The normalized spacial score (nSPS) is 21.3. The van der Waals surface area contributed by atoms with Gasteiger partial charge in [0.1, 0.15) is 11.5 Å². The zero-order valence-electron chi connectivity index (χ0n) is 13.9.